The van der Waals surface area contributed by atoms with Crippen LogP contribution in [0, 0.1) is 5.95 Å². The predicted octanol–water partition coefficient (Wildman–Crippen LogP) is 4.86. The van der Waals surface area contributed by atoms with E-state index in [0.717, 1.165) is 0 Å². The number of aromatic nitrogens is 1. The van der Waals surface area contributed by atoms with Crippen LogP contribution < -0.4 is 4.74 Å². The molecule has 0 spiro atoms. The fourth-order valence-corrected chi connectivity index (χ4v) is 2.54. The highest BCUT2D eigenvalue weighted by atomic mass is 35.5. The van der Waals surface area contributed by atoms with Gasteiger partial charge in [0.25, 0.3) is 0 Å². The fraction of sp³-hybridized carbons (Fsp3) is 0.0833. The molecule has 1 aromatic carbocycles. The van der Waals surface area contributed by atoms with E-state index in [1.165, 1.54) is 31.4 Å². The SMILES string of the molecule is COc1ccc(-c2c(Cl)cc(Cl)cc2Cl)c(F)n1. The van der Waals surface area contributed by atoms with Crippen molar-refractivity contribution in [3.8, 4) is 17.0 Å². The average molecular weight is 307 g/mol. The summed E-state index contributed by atoms with van der Waals surface area (Å²) < 4.78 is 18.7. The Labute approximate surface area is 118 Å². The smallest absolute Gasteiger partial charge is 0.224 e. The molecule has 0 fully saturated rings. The molecular formula is C12H7Cl3FNO. The van der Waals surface area contributed by atoms with E-state index >= 15 is 0 Å². The van der Waals surface area contributed by atoms with Crippen molar-refractivity contribution < 1.29 is 9.13 Å². The predicted molar refractivity (Wildman–Crippen MR) is 71.2 cm³/mol. The summed E-state index contributed by atoms with van der Waals surface area (Å²) in [6, 6.07) is 6.02. The van der Waals surface area contributed by atoms with Gasteiger partial charge in [0.05, 0.1) is 17.2 Å². The summed E-state index contributed by atoms with van der Waals surface area (Å²) in [6.45, 7) is 0. The summed E-state index contributed by atoms with van der Waals surface area (Å²) in [5.74, 6) is -0.530. The molecule has 0 radical (unpaired) electrons. The van der Waals surface area contributed by atoms with E-state index in [1.54, 1.807) is 0 Å². The maximum atomic E-state index is 13.8. The first-order valence-corrected chi connectivity index (χ1v) is 6.01. The average Bonchev–Trinajstić information content (AvgIpc) is 2.29. The Bertz CT molecular complexity index is 581. The van der Waals surface area contributed by atoms with Gasteiger partial charge in [-0.25, -0.2) is 0 Å². The maximum Gasteiger partial charge on any atom is 0.224 e. The third kappa shape index (κ3) is 2.53. The van der Waals surface area contributed by atoms with Crippen LogP contribution in [0.3, 0.4) is 0 Å². The summed E-state index contributed by atoms with van der Waals surface area (Å²) in [4.78, 5) is 3.63. The molecule has 2 rings (SSSR count). The summed E-state index contributed by atoms with van der Waals surface area (Å²) in [5.41, 5.74) is 0.554. The van der Waals surface area contributed by atoms with E-state index < -0.39 is 5.95 Å². The number of rotatable bonds is 2. The van der Waals surface area contributed by atoms with Crippen molar-refractivity contribution in [3.05, 3.63) is 45.3 Å². The van der Waals surface area contributed by atoms with Crippen LogP contribution in [0.5, 0.6) is 5.88 Å². The zero-order chi connectivity index (χ0) is 13.3. The molecule has 0 unspecified atom stereocenters. The van der Waals surface area contributed by atoms with Gasteiger partial charge in [-0.2, -0.15) is 9.37 Å². The summed E-state index contributed by atoms with van der Waals surface area (Å²) in [5, 5.41) is 0.910. The van der Waals surface area contributed by atoms with Crippen LogP contribution >= 0.6 is 34.8 Å². The molecule has 1 heterocycles. The van der Waals surface area contributed by atoms with Crippen molar-refractivity contribution in [2.24, 2.45) is 0 Å². The van der Waals surface area contributed by atoms with Crippen molar-refractivity contribution in [2.45, 2.75) is 0 Å². The minimum absolute atomic E-state index is 0.178. The van der Waals surface area contributed by atoms with Crippen molar-refractivity contribution in [1.29, 1.82) is 0 Å². The molecular weight excluding hydrogens is 299 g/mol. The zero-order valence-electron chi connectivity index (χ0n) is 9.18. The highest BCUT2D eigenvalue weighted by molar-refractivity contribution is 6.41. The van der Waals surface area contributed by atoms with Gasteiger partial charge in [0.1, 0.15) is 0 Å². The van der Waals surface area contributed by atoms with Gasteiger partial charge in [-0.15, -0.1) is 0 Å². The number of hydrogen-bond acceptors (Lipinski definition) is 2. The third-order valence-corrected chi connectivity index (χ3v) is 3.12. The largest absolute Gasteiger partial charge is 0.481 e. The third-order valence-electron chi connectivity index (χ3n) is 2.31. The van der Waals surface area contributed by atoms with E-state index in [2.05, 4.69) is 4.98 Å². The first kappa shape index (κ1) is 13.4. The Morgan fingerprint density at radius 1 is 1.11 bits per heavy atom. The first-order valence-electron chi connectivity index (χ1n) is 4.88. The molecule has 2 aromatic rings. The second-order valence-electron chi connectivity index (χ2n) is 3.44. The van der Waals surface area contributed by atoms with Crippen LogP contribution in [0.4, 0.5) is 4.39 Å². The van der Waals surface area contributed by atoms with Crippen LogP contribution in [0.15, 0.2) is 24.3 Å². The van der Waals surface area contributed by atoms with Crippen LogP contribution in [0.2, 0.25) is 15.1 Å². The number of ether oxygens (including phenoxy) is 1. The zero-order valence-corrected chi connectivity index (χ0v) is 11.4. The second-order valence-corrected chi connectivity index (χ2v) is 4.69. The van der Waals surface area contributed by atoms with Crippen LogP contribution in [-0.4, -0.2) is 12.1 Å². The molecule has 0 amide bonds. The Morgan fingerprint density at radius 3 is 2.22 bits per heavy atom. The minimum Gasteiger partial charge on any atom is -0.481 e. The summed E-state index contributed by atoms with van der Waals surface area (Å²) in [7, 11) is 1.41. The molecule has 18 heavy (non-hydrogen) atoms. The van der Waals surface area contributed by atoms with E-state index in [0.29, 0.717) is 10.6 Å². The number of pyridine rings is 1. The molecule has 0 N–H and O–H groups in total. The van der Waals surface area contributed by atoms with Crippen LogP contribution in [-0.2, 0) is 0 Å². The van der Waals surface area contributed by atoms with Crippen LogP contribution in [0.1, 0.15) is 0 Å². The van der Waals surface area contributed by atoms with Crippen molar-refractivity contribution in [1.82, 2.24) is 4.98 Å². The van der Waals surface area contributed by atoms with Crippen molar-refractivity contribution in [3.63, 3.8) is 0 Å². The van der Waals surface area contributed by atoms with Gasteiger partial charge in [0.2, 0.25) is 11.8 Å². The van der Waals surface area contributed by atoms with Gasteiger partial charge < -0.3 is 4.74 Å². The molecule has 0 atom stereocenters. The number of benzene rings is 1. The molecule has 2 nitrogen and oxygen atoms in total. The molecule has 1 aromatic heterocycles. The van der Waals surface area contributed by atoms with E-state index in [-0.39, 0.29) is 21.5 Å². The Morgan fingerprint density at radius 2 is 1.72 bits per heavy atom. The van der Waals surface area contributed by atoms with Gasteiger partial charge in [-0.3, -0.25) is 0 Å². The Kier molecular flexibility index (Phi) is 3.95. The fourth-order valence-electron chi connectivity index (χ4n) is 1.52. The lowest BCUT2D eigenvalue weighted by molar-refractivity contribution is 0.388. The number of methoxy groups -OCH3 is 1. The normalized spacial score (nSPS) is 10.5. The standard InChI is InChI=1S/C12H7Cl3FNO/c1-18-10-3-2-7(12(16)17-10)11-8(14)4-6(13)5-9(11)15/h2-5H,1H3. The highest BCUT2D eigenvalue weighted by Gasteiger charge is 2.15. The lowest BCUT2D eigenvalue weighted by Gasteiger charge is -2.09. The van der Waals surface area contributed by atoms with E-state index in [1.807, 2.05) is 0 Å². The second kappa shape index (κ2) is 5.31. The Hall–Kier alpha value is -1.03. The summed E-state index contributed by atoms with van der Waals surface area (Å²) >= 11 is 17.8. The lowest BCUT2D eigenvalue weighted by atomic mass is 10.1. The van der Waals surface area contributed by atoms with Crippen molar-refractivity contribution in [2.75, 3.05) is 7.11 Å². The highest BCUT2D eigenvalue weighted by Crippen LogP contribution is 2.38. The quantitative estimate of drug-likeness (QED) is 0.739. The van der Waals surface area contributed by atoms with Crippen LogP contribution in [0.25, 0.3) is 11.1 Å². The minimum atomic E-state index is -0.708. The maximum absolute atomic E-state index is 13.8. The van der Waals surface area contributed by atoms with Gasteiger partial charge in [0.15, 0.2) is 0 Å². The van der Waals surface area contributed by atoms with Gasteiger partial charge >= 0.3 is 0 Å². The number of hydrogen-bond donors (Lipinski definition) is 0. The van der Waals surface area contributed by atoms with E-state index in [4.69, 9.17) is 39.5 Å². The first-order chi connectivity index (χ1) is 8.52. The molecule has 6 heteroatoms. The topological polar surface area (TPSA) is 22.1 Å². The van der Waals surface area contributed by atoms with Gasteiger partial charge in [-0.05, 0) is 18.2 Å². The van der Waals surface area contributed by atoms with Crippen molar-refractivity contribution >= 4 is 34.8 Å². The lowest BCUT2D eigenvalue weighted by Crippen LogP contribution is -1.94. The van der Waals surface area contributed by atoms with Gasteiger partial charge in [0, 0.05) is 22.2 Å². The monoisotopic (exact) mass is 305 g/mol. The molecule has 94 valence electrons. The molecule has 0 aliphatic rings. The van der Waals surface area contributed by atoms with Gasteiger partial charge in [-0.1, -0.05) is 34.8 Å². The Balaban J connectivity index is 2.62. The molecule has 0 bridgehead atoms. The van der Waals surface area contributed by atoms with E-state index in [9.17, 15) is 4.39 Å². The molecule has 0 saturated heterocycles. The number of halogens is 4. The molecule has 0 aliphatic carbocycles. The number of nitrogens with zero attached hydrogens (tertiary/aromatic N) is 1. The summed E-state index contributed by atoms with van der Waals surface area (Å²) in [6.07, 6.45) is 0. The molecule has 0 aliphatic heterocycles. The molecule has 0 saturated carbocycles.